The molecule has 0 saturated heterocycles. The summed E-state index contributed by atoms with van der Waals surface area (Å²) in [5, 5.41) is 47.8. The van der Waals surface area contributed by atoms with Crippen molar-refractivity contribution in [3.63, 3.8) is 0 Å². The molecule has 0 spiro atoms. The first-order valence-corrected chi connectivity index (χ1v) is 13.8. The van der Waals surface area contributed by atoms with E-state index in [1.54, 1.807) is 32.3 Å². The van der Waals surface area contributed by atoms with Crippen LogP contribution in [0.2, 0.25) is 0 Å². The summed E-state index contributed by atoms with van der Waals surface area (Å²) in [5.74, 6) is -6.86. The van der Waals surface area contributed by atoms with E-state index in [1.165, 1.54) is 11.0 Å². The molecular weight excluding hydrogens is 542 g/mol. The first-order chi connectivity index (χ1) is 19.9. The van der Waals surface area contributed by atoms with Gasteiger partial charge < -0.3 is 31.5 Å². The highest BCUT2D eigenvalue weighted by Gasteiger charge is 2.64. The molecule has 2 aromatic carbocycles. The minimum Gasteiger partial charge on any atom is -0.508 e. The minimum atomic E-state index is -2.68. The Balaban J connectivity index is 1.45. The van der Waals surface area contributed by atoms with Gasteiger partial charge >= 0.3 is 0 Å². The van der Waals surface area contributed by atoms with Crippen molar-refractivity contribution in [2.45, 2.75) is 37.3 Å². The van der Waals surface area contributed by atoms with Crippen molar-refractivity contribution in [1.29, 1.82) is 0 Å². The highest BCUT2D eigenvalue weighted by Crippen LogP contribution is 2.53. The lowest BCUT2D eigenvalue weighted by atomic mass is 9.57. The van der Waals surface area contributed by atoms with Crippen LogP contribution in [0.5, 0.6) is 5.75 Å². The molecule has 4 aliphatic rings. The van der Waals surface area contributed by atoms with Gasteiger partial charge in [0, 0.05) is 23.1 Å². The van der Waals surface area contributed by atoms with Crippen molar-refractivity contribution < 1.29 is 39.6 Å². The Hall–Kier alpha value is -4.48. The zero-order chi connectivity index (χ0) is 30.2. The SMILES string of the molecule is CN(C)C1C(=O)C(C(N)=O)=C(O)C2(O)C(=O)C3=C(O)c4c(O)ccc(-c5ccc(NC(=O)C6CC6)cc5)c4CC3CC12. The number of fused-ring (bicyclic) bond motifs is 3. The minimum absolute atomic E-state index is 0.00694. The van der Waals surface area contributed by atoms with Crippen LogP contribution in [0.15, 0.2) is 53.3 Å². The molecule has 6 rings (SSSR count). The van der Waals surface area contributed by atoms with Gasteiger partial charge in [-0.1, -0.05) is 18.2 Å². The van der Waals surface area contributed by atoms with Gasteiger partial charge in [-0.3, -0.25) is 24.1 Å². The number of amides is 2. The number of aliphatic hydroxyl groups is 3. The number of carbonyl (C=O) groups excluding carboxylic acids is 4. The molecule has 0 aliphatic heterocycles. The predicted molar refractivity (Wildman–Crippen MR) is 151 cm³/mol. The van der Waals surface area contributed by atoms with Crippen LogP contribution in [0.4, 0.5) is 5.69 Å². The topological polar surface area (TPSA) is 190 Å². The average molecular weight is 574 g/mol. The second kappa shape index (κ2) is 9.53. The molecule has 2 aromatic rings. The van der Waals surface area contributed by atoms with Gasteiger partial charge in [-0.2, -0.15) is 0 Å². The van der Waals surface area contributed by atoms with Crippen LogP contribution >= 0.6 is 0 Å². The average Bonchev–Trinajstić information content (AvgIpc) is 3.77. The Morgan fingerprint density at radius 1 is 1.02 bits per heavy atom. The molecular formula is C31H31N3O8. The first-order valence-electron chi connectivity index (χ1n) is 13.8. The number of hydrogen-bond acceptors (Lipinski definition) is 9. The Kier molecular flexibility index (Phi) is 6.28. The molecule has 218 valence electrons. The molecule has 42 heavy (non-hydrogen) atoms. The number of Topliss-reactive ketones (excluding diaryl/α,β-unsaturated/α-hetero) is 2. The zero-order valence-electron chi connectivity index (χ0n) is 23.0. The summed E-state index contributed by atoms with van der Waals surface area (Å²) in [7, 11) is 3.11. The van der Waals surface area contributed by atoms with E-state index in [4.69, 9.17) is 5.73 Å². The summed E-state index contributed by atoms with van der Waals surface area (Å²) >= 11 is 0. The fourth-order valence-electron chi connectivity index (χ4n) is 6.84. The molecule has 2 amide bonds. The maximum Gasteiger partial charge on any atom is 0.255 e. The van der Waals surface area contributed by atoms with Crippen LogP contribution in [0, 0.1) is 17.8 Å². The van der Waals surface area contributed by atoms with Gasteiger partial charge in [0.2, 0.25) is 11.7 Å². The largest absolute Gasteiger partial charge is 0.508 e. The lowest BCUT2D eigenvalue weighted by Crippen LogP contribution is -2.65. The van der Waals surface area contributed by atoms with Gasteiger partial charge in [0.15, 0.2) is 11.4 Å². The van der Waals surface area contributed by atoms with Crippen LogP contribution in [0.1, 0.15) is 30.4 Å². The number of rotatable bonds is 5. The Bertz CT molecular complexity index is 1640. The van der Waals surface area contributed by atoms with Crippen LogP contribution in [-0.4, -0.2) is 74.4 Å². The predicted octanol–water partition coefficient (Wildman–Crippen LogP) is 1.98. The summed E-state index contributed by atoms with van der Waals surface area (Å²) < 4.78 is 0. The van der Waals surface area contributed by atoms with Crippen molar-refractivity contribution in [3.8, 4) is 16.9 Å². The number of phenols is 1. The van der Waals surface area contributed by atoms with Gasteiger partial charge in [0.05, 0.1) is 11.6 Å². The number of aliphatic hydroxyl groups excluding tert-OH is 2. The highest BCUT2D eigenvalue weighted by atomic mass is 16.3. The third kappa shape index (κ3) is 3.95. The molecule has 0 heterocycles. The quantitative estimate of drug-likeness (QED) is 0.290. The number of nitrogens with one attached hydrogen (secondary N) is 1. The number of aromatic hydroxyl groups is 1. The fraction of sp³-hybridized carbons (Fsp3) is 0.355. The van der Waals surface area contributed by atoms with Gasteiger partial charge in [0.25, 0.3) is 5.91 Å². The maximum atomic E-state index is 14.0. The van der Waals surface area contributed by atoms with Crippen molar-refractivity contribution in [2.24, 2.45) is 23.5 Å². The molecule has 0 aromatic heterocycles. The van der Waals surface area contributed by atoms with E-state index in [0.717, 1.165) is 18.4 Å². The maximum absolute atomic E-state index is 14.0. The standard InChI is InChI=1S/C31H31N3O8/c1-34(2)24-19-12-15-11-18-17(13-5-7-16(8-6-13)33-30(41)14-3-4-14)9-10-20(35)22(18)25(36)21(15)27(38)31(19,42)28(39)23(26(24)37)29(32)40/h5-10,14-15,19,24,35-36,39,42H,3-4,11-12H2,1-2H3,(H2,32,40)(H,33,41). The van der Waals surface area contributed by atoms with Gasteiger partial charge in [-0.15, -0.1) is 0 Å². The molecule has 11 nitrogen and oxygen atoms in total. The number of ketones is 2. The second-order valence-electron chi connectivity index (χ2n) is 11.8. The highest BCUT2D eigenvalue weighted by molar-refractivity contribution is 6.24. The smallest absolute Gasteiger partial charge is 0.255 e. The number of nitrogens with two attached hydrogens (primary N) is 1. The lowest BCUT2D eigenvalue weighted by molar-refractivity contribution is -0.153. The Labute approximate surface area is 240 Å². The fourth-order valence-corrected chi connectivity index (χ4v) is 6.84. The number of benzene rings is 2. The second-order valence-corrected chi connectivity index (χ2v) is 11.8. The third-order valence-electron chi connectivity index (χ3n) is 9.02. The number of phenolic OH excluding ortho intramolecular Hbond substituents is 1. The van der Waals surface area contributed by atoms with E-state index in [2.05, 4.69) is 5.32 Å². The number of primary amides is 1. The molecule has 11 heteroatoms. The Morgan fingerprint density at radius 3 is 2.29 bits per heavy atom. The molecule has 2 fully saturated rings. The van der Waals surface area contributed by atoms with E-state index in [-0.39, 0.29) is 41.6 Å². The van der Waals surface area contributed by atoms with Gasteiger partial charge in [-0.05, 0) is 80.6 Å². The summed E-state index contributed by atoms with van der Waals surface area (Å²) in [6.45, 7) is 0. The van der Waals surface area contributed by atoms with Crippen molar-refractivity contribution in [3.05, 3.63) is 64.4 Å². The molecule has 4 atom stereocenters. The van der Waals surface area contributed by atoms with E-state index in [9.17, 15) is 39.6 Å². The monoisotopic (exact) mass is 573 g/mol. The van der Waals surface area contributed by atoms with Crippen LogP contribution in [0.3, 0.4) is 0 Å². The Morgan fingerprint density at radius 2 is 1.69 bits per heavy atom. The first kappa shape index (κ1) is 27.7. The normalized spacial score (nSPS) is 27.0. The van der Waals surface area contributed by atoms with Crippen molar-refractivity contribution in [1.82, 2.24) is 4.90 Å². The molecule has 4 aliphatic carbocycles. The number of nitrogens with zero attached hydrogens (tertiary/aromatic N) is 1. The van der Waals surface area contributed by atoms with Gasteiger partial charge in [0.1, 0.15) is 22.8 Å². The number of carbonyl (C=O) groups is 4. The van der Waals surface area contributed by atoms with Crippen LogP contribution in [-0.2, 0) is 25.6 Å². The summed E-state index contributed by atoms with van der Waals surface area (Å²) in [5.41, 5.74) is 4.30. The van der Waals surface area contributed by atoms with Crippen molar-refractivity contribution in [2.75, 3.05) is 19.4 Å². The summed E-state index contributed by atoms with van der Waals surface area (Å²) in [6, 6.07) is 9.10. The van der Waals surface area contributed by atoms with E-state index >= 15 is 0 Å². The molecule has 0 bridgehead atoms. The third-order valence-corrected chi connectivity index (χ3v) is 9.02. The summed E-state index contributed by atoms with van der Waals surface area (Å²) in [4.78, 5) is 53.0. The lowest BCUT2D eigenvalue weighted by Gasteiger charge is -2.50. The van der Waals surface area contributed by atoms with Crippen LogP contribution < -0.4 is 11.1 Å². The van der Waals surface area contributed by atoms with Gasteiger partial charge in [-0.25, -0.2) is 0 Å². The number of anilines is 1. The zero-order valence-corrected chi connectivity index (χ0v) is 23.0. The number of likely N-dealkylation sites (N-methyl/N-ethyl adjacent to an activating group) is 1. The number of hydrogen-bond donors (Lipinski definition) is 6. The van der Waals surface area contributed by atoms with E-state index in [0.29, 0.717) is 16.8 Å². The van der Waals surface area contributed by atoms with Crippen LogP contribution in [0.25, 0.3) is 16.9 Å². The molecule has 0 radical (unpaired) electrons. The van der Waals surface area contributed by atoms with Crippen molar-refractivity contribution >= 4 is 34.8 Å². The van der Waals surface area contributed by atoms with E-state index < -0.39 is 58.0 Å². The molecule has 2 saturated carbocycles. The van der Waals surface area contributed by atoms with E-state index in [1.807, 2.05) is 12.1 Å². The molecule has 7 N–H and O–H groups in total. The summed E-state index contributed by atoms with van der Waals surface area (Å²) in [6.07, 6.45) is 1.96. The molecule has 4 unspecified atom stereocenters.